The molecule has 0 radical (unpaired) electrons. The van der Waals surface area contributed by atoms with Crippen LogP contribution in [0.25, 0.3) is 38.6 Å². The summed E-state index contributed by atoms with van der Waals surface area (Å²) in [6.45, 7) is 8.36. The molecule has 0 saturated carbocycles. The largest absolute Gasteiger partial charge is 0.495 e. The molecule has 8 rings (SSSR count). The maximum absolute atomic E-state index is 6.44. The van der Waals surface area contributed by atoms with E-state index in [9.17, 15) is 0 Å². The zero-order valence-corrected chi connectivity index (χ0v) is 24.4. The fourth-order valence-corrected chi connectivity index (χ4v) is 6.70. The molecule has 1 aromatic heterocycles. The van der Waals surface area contributed by atoms with Crippen LogP contribution in [0.2, 0.25) is 0 Å². The van der Waals surface area contributed by atoms with E-state index in [-0.39, 0.29) is 0 Å². The normalized spacial score (nSPS) is 21.9. The predicted octanol–water partition coefficient (Wildman–Crippen LogP) is 8.82. The van der Waals surface area contributed by atoms with Crippen molar-refractivity contribution >= 4 is 40.1 Å². The quantitative estimate of drug-likeness (QED) is 0.211. The lowest BCUT2D eigenvalue weighted by Gasteiger charge is -2.32. The second-order valence-electron chi connectivity index (χ2n) is 12.7. The molecule has 42 heavy (non-hydrogen) atoms. The van der Waals surface area contributed by atoms with Crippen LogP contribution in [0.4, 0.5) is 0 Å². The molecular weight excluding hydrogens is 515 g/mol. The zero-order valence-electron chi connectivity index (χ0n) is 24.4. The van der Waals surface area contributed by atoms with Crippen molar-refractivity contribution in [1.82, 2.24) is 0 Å². The smallest absolute Gasteiger partial charge is 0.456 e. The molecule has 0 amide bonds. The van der Waals surface area contributed by atoms with Gasteiger partial charge in [0.15, 0.2) is 0 Å². The van der Waals surface area contributed by atoms with E-state index in [0.29, 0.717) is 11.8 Å². The Morgan fingerprint density at radius 3 is 2.19 bits per heavy atom. The molecule has 3 aliphatic rings. The highest BCUT2D eigenvalue weighted by atomic mass is 16.7. The molecule has 4 heteroatoms. The molecular formula is C38H33BO3. The molecule has 1 fully saturated rings. The number of allylic oxidation sites excluding steroid dienone is 5. The Balaban J connectivity index is 1.18. The summed E-state index contributed by atoms with van der Waals surface area (Å²) in [5.74, 6) is 0.794. The van der Waals surface area contributed by atoms with Gasteiger partial charge in [-0.25, -0.2) is 0 Å². The number of fused-ring (bicyclic) bond motifs is 6. The molecule has 5 aromatic rings. The van der Waals surface area contributed by atoms with Gasteiger partial charge in [-0.1, -0.05) is 97.1 Å². The Kier molecular flexibility index (Phi) is 5.60. The lowest BCUT2D eigenvalue weighted by Crippen LogP contribution is -2.41. The van der Waals surface area contributed by atoms with Crippen LogP contribution in [-0.4, -0.2) is 18.3 Å². The third-order valence-electron chi connectivity index (χ3n) is 9.71. The van der Waals surface area contributed by atoms with Crippen molar-refractivity contribution in [1.29, 1.82) is 0 Å². The van der Waals surface area contributed by atoms with E-state index in [1.54, 1.807) is 0 Å². The lowest BCUT2D eigenvalue weighted by atomic mass is 9.73. The summed E-state index contributed by atoms with van der Waals surface area (Å²) in [5, 5.41) is 2.13. The summed E-state index contributed by atoms with van der Waals surface area (Å²) in [6.07, 6.45) is 11.4. The minimum Gasteiger partial charge on any atom is -0.456 e. The lowest BCUT2D eigenvalue weighted by molar-refractivity contribution is 0.00578. The second kappa shape index (κ2) is 9.19. The molecule has 0 N–H and O–H groups in total. The zero-order chi connectivity index (χ0) is 28.6. The summed E-state index contributed by atoms with van der Waals surface area (Å²) >= 11 is 0. The van der Waals surface area contributed by atoms with Crippen molar-refractivity contribution in [2.75, 3.05) is 0 Å². The Hall–Kier alpha value is -4.12. The van der Waals surface area contributed by atoms with Gasteiger partial charge in [0.25, 0.3) is 0 Å². The van der Waals surface area contributed by atoms with Gasteiger partial charge in [0.05, 0.1) is 11.2 Å². The van der Waals surface area contributed by atoms with Crippen LogP contribution in [0.5, 0.6) is 0 Å². The number of rotatable bonds is 3. The van der Waals surface area contributed by atoms with E-state index < -0.39 is 18.3 Å². The number of furan rings is 1. The number of hydrogen-bond donors (Lipinski definition) is 0. The molecule has 2 unspecified atom stereocenters. The summed E-state index contributed by atoms with van der Waals surface area (Å²) in [4.78, 5) is 0. The molecule has 2 aliphatic carbocycles. The first kappa shape index (κ1) is 25.6. The van der Waals surface area contributed by atoms with Crippen molar-refractivity contribution in [2.24, 2.45) is 5.92 Å². The van der Waals surface area contributed by atoms with Crippen LogP contribution in [0.3, 0.4) is 0 Å². The van der Waals surface area contributed by atoms with Crippen LogP contribution >= 0.6 is 0 Å². The summed E-state index contributed by atoms with van der Waals surface area (Å²) in [7, 11) is -0.455. The molecule has 2 atom stereocenters. The highest BCUT2D eigenvalue weighted by molar-refractivity contribution is 6.66. The highest BCUT2D eigenvalue weighted by Gasteiger charge is 2.52. The van der Waals surface area contributed by atoms with E-state index in [1.165, 1.54) is 27.8 Å². The highest BCUT2D eigenvalue weighted by Crippen LogP contribution is 2.44. The summed E-state index contributed by atoms with van der Waals surface area (Å²) < 4.78 is 19.2. The first-order valence-electron chi connectivity index (χ1n) is 14.9. The third kappa shape index (κ3) is 3.90. The molecule has 0 bridgehead atoms. The van der Waals surface area contributed by atoms with Crippen LogP contribution in [-0.2, 0) is 9.31 Å². The van der Waals surface area contributed by atoms with Gasteiger partial charge in [-0.2, -0.15) is 0 Å². The minimum absolute atomic E-state index is 0.384. The molecule has 206 valence electrons. The van der Waals surface area contributed by atoms with E-state index in [2.05, 4.69) is 131 Å². The maximum Gasteiger partial charge on any atom is 0.495 e. The van der Waals surface area contributed by atoms with Crippen molar-refractivity contribution in [3.8, 4) is 11.1 Å². The van der Waals surface area contributed by atoms with Gasteiger partial charge in [0.1, 0.15) is 11.2 Å². The SMILES string of the molecule is CC1(C)OB(c2cccc3oc4ccc(-c5ccc(C6=CC7C=CC=CC7c7ccccc76)cc5)cc4c23)OC1(C)C. The van der Waals surface area contributed by atoms with Crippen LogP contribution < -0.4 is 5.46 Å². The average Bonchev–Trinajstić information content (AvgIpc) is 3.48. The van der Waals surface area contributed by atoms with E-state index in [1.807, 2.05) is 12.1 Å². The van der Waals surface area contributed by atoms with Gasteiger partial charge in [-0.05, 0) is 84.7 Å². The molecule has 4 aromatic carbocycles. The maximum atomic E-state index is 6.44. The van der Waals surface area contributed by atoms with E-state index >= 15 is 0 Å². The number of benzene rings is 4. The average molecular weight is 548 g/mol. The number of hydrogen-bond acceptors (Lipinski definition) is 3. The minimum atomic E-state index is -0.455. The van der Waals surface area contributed by atoms with Gasteiger partial charge in [0.2, 0.25) is 0 Å². The summed E-state index contributed by atoms with van der Waals surface area (Å²) in [5.41, 5.74) is 9.49. The molecule has 0 spiro atoms. The first-order chi connectivity index (χ1) is 20.3. The van der Waals surface area contributed by atoms with Gasteiger partial charge in [-0.15, -0.1) is 0 Å². The van der Waals surface area contributed by atoms with Crippen molar-refractivity contribution < 1.29 is 13.7 Å². The van der Waals surface area contributed by atoms with E-state index in [4.69, 9.17) is 13.7 Å². The van der Waals surface area contributed by atoms with Gasteiger partial charge < -0.3 is 13.7 Å². The molecule has 1 saturated heterocycles. The van der Waals surface area contributed by atoms with Crippen LogP contribution in [0.15, 0.2) is 120 Å². The van der Waals surface area contributed by atoms with Crippen LogP contribution in [0, 0.1) is 5.92 Å². The standard InChI is InChI=1S/C38H33BO3/c1-37(2)38(3,4)42-39(41-37)33-14-9-15-35-36(33)32-22-26(20-21-34(32)40-35)24-16-18-25(19-17-24)31-23-27-10-5-6-11-28(27)29-12-7-8-13-30(29)31/h5-23,27-28H,1-4H3. The van der Waals surface area contributed by atoms with Crippen molar-refractivity contribution in [2.45, 2.75) is 44.8 Å². The van der Waals surface area contributed by atoms with E-state index in [0.717, 1.165) is 33.0 Å². The van der Waals surface area contributed by atoms with Crippen molar-refractivity contribution in [3.63, 3.8) is 0 Å². The molecule has 1 aliphatic heterocycles. The Labute approximate surface area is 247 Å². The monoisotopic (exact) mass is 548 g/mol. The Bertz CT molecular complexity index is 1940. The Morgan fingerprint density at radius 2 is 1.38 bits per heavy atom. The first-order valence-corrected chi connectivity index (χ1v) is 14.9. The fourth-order valence-electron chi connectivity index (χ4n) is 6.70. The fraction of sp³-hybridized carbons (Fsp3) is 0.211. The molecule has 3 nitrogen and oxygen atoms in total. The Morgan fingerprint density at radius 1 is 0.667 bits per heavy atom. The topological polar surface area (TPSA) is 31.6 Å². The second-order valence-corrected chi connectivity index (χ2v) is 12.7. The van der Waals surface area contributed by atoms with Gasteiger partial charge in [0, 0.05) is 22.6 Å². The summed E-state index contributed by atoms with van der Waals surface area (Å²) in [6, 6.07) is 30.4. The van der Waals surface area contributed by atoms with Gasteiger partial charge >= 0.3 is 7.12 Å². The van der Waals surface area contributed by atoms with Gasteiger partial charge in [-0.3, -0.25) is 0 Å². The predicted molar refractivity (Wildman–Crippen MR) is 173 cm³/mol. The van der Waals surface area contributed by atoms with Crippen LogP contribution in [0.1, 0.15) is 50.3 Å². The third-order valence-corrected chi connectivity index (χ3v) is 9.71. The van der Waals surface area contributed by atoms with Crippen molar-refractivity contribution in [3.05, 3.63) is 132 Å². The molecule has 2 heterocycles.